The summed E-state index contributed by atoms with van der Waals surface area (Å²) in [6, 6.07) is 6.34. The molecule has 3 nitrogen and oxygen atoms in total. The first kappa shape index (κ1) is 8.26. The van der Waals surface area contributed by atoms with E-state index in [0.717, 1.165) is 17.8 Å². The number of hydrogen-bond acceptors (Lipinski definition) is 3. The minimum Gasteiger partial charge on any atom is -0.319 e. The van der Waals surface area contributed by atoms with Gasteiger partial charge in [-0.25, -0.2) is 5.43 Å². The molecular weight excluding hydrogens is 162 g/mol. The molecule has 3 heteroatoms. The number of nitrogens with zero attached hydrogens (tertiary/aromatic N) is 1. The monoisotopic (exact) mass is 175 g/mol. The molecule has 1 aromatic rings. The summed E-state index contributed by atoms with van der Waals surface area (Å²) in [4.78, 5) is 4.26. The largest absolute Gasteiger partial charge is 0.319 e. The van der Waals surface area contributed by atoms with Crippen LogP contribution in [0.2, 0.25) is 0 Å². The lowest BCUT2D eigenvalue weighted by molar-refractivity contribution is 0.576. The Morgan fingerprint density at radius 1 is 1.46 bits per heavy atom. The van der Waals surface area contributed by atoms with Crippen LogP contribution in [-0.2, 0) is 0 Å². The molecule has 0 aliphatic carbocycles. The van der Waals surface area contributed by atoms with Crippen LogP contribution >= 0.6 is 0 Å². The number of pyridine rings is 1. The zero-order valence-electron chi connectivity index (χ0n) is 7.62. The maximum atomic E-state index is 4.26. The van der Waals surface area contributed by atoms with Crippen LogP contribution in [0.25, 0.3) is 5.70 Å². The van der Waals surface area contributed by atoms with Gasteiger partial charge in [0.25, 0.3) is 0 Å². The summed E-state index contributed by atoms with van der Waals surface area (Å²) in [5.41, 5.74) is 8.36. The molecule has 0 spiro atoms. The number of hydrazine groups is 1. The summed E-state index contributed by atoms with van der Waals surface area (Å²) in [6.45, 7) is 2.15. The van der Waals surface area contributed by atoms with Crippen LogP contribution in [0.1, 0.15) is 19.0 Å². The highest BCUT2D eigenvalue weighted by Crippen LogP contribution is 2.13. The van der Waals surface area contributed by atoms with Crippen molar-refractivity contribution in [1.82, 2.24) is 15.8 Å². The summed E-state index contributed by atoms with van der Waals surface area (Å²) in [6.07, 6.45) is 5.06. The lowest BCUT2D eigenvalue weighted by Crippen LogP contribution is -2.30. The number of aromatic nitrogens is 1. The number of rotatable bonds is 2. The fourth-order valence-electron chi connectivity index (χ4n) is 1.35. The minimum absolute atomic E-state index is 0.428. The SMILES string of the molecule is CCC1C=C(c2ccccn2)NN1. The molecule has 2 heterocycles. The second-order valence-corrected chi connectivity index (χ2v) is 3.08. The number of hydrogen-bond donors (Lipinski definition) is 2. The molecule has 1 atom stereocenters. The summed E-state index contributed by atoms with van der Waals surface area (Å²) < 4.78 is 0. The standard InChI is InChI=1S/C10H13N3/c1-2-8-7-10(13-12-8)9-5-3-4-6-11-9/h3-8,12-13H,2H2,1H3. The van der Waals surface area contributed by atoms with Gasteiger partial charge >= 0.3 is 0 Å². The third-order valence-corrected chi connectivity index (χ3v) is 2.14. The first-order valence-corrected chi connectivity index (χ1v) is 4.55. The fraction of sp³-hybridized carbons (Fsp3) is 0.300. The van der Waals surface area contributed by atoms with Gasteiger partial charge in [0.05, 0.1) is 11.4 Å². The summed E-state index contributed by atoms with van der Waals surface area (Å²) in [7, 11) is 0. The lowest BCUT2D eigenvalue weighted by atomic mass is 10.2. The highest BCUT2D eigenvalue weighted by Gasteiger charge is 2.13. The normalized spacial score (nSPS) is 21.0. The minimum atomic E-state index is 0.428. The lowest BCUT2D eigenvalue weighted by Gasteiger charge is -2.04. The first-order chi connectivity index (χ1) is 6.40. The molecule has 68 valence electrons. The molecule has 1 aliphatic rings. The highest BCUT2D eigenvalue weighted by atomic mass is 15.4. The van der Waals surface area contributed by atoms with E-state index < -0.39 is 0 Å². The molecule has 0 fully saturated rings. The molecule has 1 aromatic heterocycles. The van der Waals surface area contributed by atoms with E-state index in [0.29, 0.717) is 6.04 Å². The van der Waals surface area contributed by atoms with Crippen molar-refractivity contribution < 1.29 is 0 Å². The highest BCUT2D eigenvalue weighted by molar-refractivity contribution is 5.62. The van der Waals surface area contributed by atoms with Gasteiger partial charge in [0.15, 0.2) is 0 Å². The van der Waals surface area contributed by atoms with Gasteiger partial charge in [-0.2, -0.15) is 0 Å². The molecular formula is C10H13N3. The van der Waals surface area contributed by atoms with E-state index in [2.05, 4.69) is 28.8 Å². The Labute approximate surface area is 77.9 Å². The van der Waals surface area contributed by atoms with E-state index in [1.807, 2.05) is 18.2 Å². The zero-order chi connectivity index (χ0) is 9.10. The van der Waals surface area contributed by atoms with Crippen molar-refractivity contribution in [2.75, 3.05) is 0 Å². The van der Waals surface area contributed by atoms with Gasteiger partial charge in [-0.15, -0.1) is 0 Å². The van der Waals surface area contributed by atoms with Crippen LogP contribution in [0, 0.1) is 0 Å². The van der Waals surface area contributed by atoms with E-state index in [-0.39, 0.29) is 0 Å². The average molecular weight is 175 g/mol. The topological polar surface area (TPSA) is 37.0 Å². The maximum Gasteiger partial charge on any atom is 0.0871 e. The quantitative estimate of drug-likeness (QED) is 0.711. The van der Waals surface area contributed by atoms with Crippen molar-refractivity contribution in [3.05, 3.63) is 36.2 Å². The number of nitrogens with one attached hydrogen (secondary N) is 2. The molecule has 1 aliphatic heterocycles. The molecule has 0 saturated heterocycles. The molecule has 1 unspecified atom stereocenters. The van der Waals surface area contributed by atoms with Crippen LogP contribution in [0.4, 0.5) is 0 Å². The van der Waals surface area contributed by atoms with Crippen LogP contribution in [0.3, 0.4) is 0 Å². The summed E-state index contributed by atoms with van der Waals surface area (Å²) >= 11 is 0. The third kappa shape index (κ3) is 1.70. The molecule has 0 aromatic carbocycles. The van der Waals surface area contributed by atoms with E-state index in [4.69, 9.17) is 0 Å². The van der Waals surface area contributed by atoms with Gasteiger partial charge in [0.1, 0.15) is 0 Å². The second kappa shape index (κ2) is 3.58. The van der Waals surface area contributed by atoms with Crippen LogP contribution in [0.5, 0.6) is 0 Å². The van der Waals surface area contributed by atoms with Gasteiger partial charge in [-0.1, -0.05) is 13.0 Å². The zero-order valence-corrected chi connectivity index (χ0v) is 7.62. The van der Waals surface area contributed by atoms with Gasteiger partial charge < -0.3 is 5.43 Å². The van der Waals surface area contributed by atoms with Crippen molar-refractivity contribution in [2.24, 2.45) is 0 Å². The van der Waals surface area contributed by atoms with Gasteiger partial charge in [-0.05, 0) is 24.6 Å². The average Bonchev–Trinajstić information content (AvgIpc) is 2.67. The second-order valence-electron chi connectivity index (χ2n) is 3.08. The Hall–Kier alpha value is -1.35. The Morgan fingerprint density at radius 3 is 3.00 bits per heavy atom. The molecule has 0 amide bonds. The molecule has 0 radical (unpaired) electrons. The predicted octanol–water partition coefficient (Wildman–Crippen LogP) is 1.31. The van der Waals surface area contributed by atoms with Crippen molar-refractivity contribution in [1.29, 1.82) is 0 Å². The predicted molar refractivity (Wildman–Crippen MR) is 52.6 cm³/mol. The fourth-order valence-corrected chi connectivity index (χ4v) is 1.35. The third-order valence-electron chi connectivity index (χ3n) is 2.14. The molecule has 13 heavy (non-hydrogen) atoms. The van der Waals surface area contributed by atoms with E-state index >= 15 is 0 Å². The van der Waals surface area contributed by atoms with E-state index in [9.17, 15) is 0 Å². The van der Waals surface area contributed by atoms with Crippen molar-refractivity contribution in [2.45, 2.75) is 19.4 Å². The summed E-state index contributed by atoms with van der Waals surface area (Å²) in [5.74, 6) is 0. The first-order valence-electron chi connectivity index (χ1n) is 4.55. The Balaban J connectivity index is 2.19. The molecule has 0 bridgehead atoms. The van der Waals surface area contributed by atoms with Crippen LogP contribution in [0.15, 0.2) is 30.5 Å². The van der Waals surface area contributed by atoms with E-state index in [1.165, 1.54) is 0 Å². The van der Waals surface area contributed by atoms with Crippen LogP contribution < -0.4 is 10.9 Å². The van der Waals surface area contributed by atoms with E-state index in [1.54, 1.807) is 6.20 Å². The maximum absolute atomic E-state index is 4.26. The molecule has 2 rings (SSSR count). The van der Waals surface area contributed by atoms with Crippen LogP contribution in [-0.4, -0.2) is 11.0 Å². The van der Waals surface area contributed by atoms with Crippen molar-refractivity contribution >= 4 is 5.70 Å². The Kier molecular flexibility index (Phi) is 2.27. The van der Waals surface area contributed by atoms with Gasteiger partial charge in [-0.3, -0.25) is 4.98 Å². The summed E-state index contributed by atoms with van der Waals surface area (Å²) in [5, 5.41) is 0. The van der Waals surface area contributed by atoms with Gasteiger partial charge in [0.2, 0.25) is 0 Å². The Bertz CT molecular complexity index is 305. The van der Waals surface area contributed by atoms with Gasteiger partial charge in [0, 0.05) is 12.2 Å². The smallest absolute Gasteiger partial charge is 0.0871 e. The Morgan fingerprint density at radius 2 is 2.38 bits per heavy atom. The molecule has 0 saturated carbocycles. The van der Waals surface area contributed by atoms with Crippen molar-refractivity contribution in [3.63, 3.8) is 0 Å². The van der Waals surface area contributed by atoms with Crippen molar-refractivity contribution in [3.8, 4) is 0 Å². The molecule has 2 N–H and O–H groups in total.